The van der Waals surface area contributed by atoms with Gasteiger partial charge < -0.3 is 10.6 Å². The number of thioether (sulfide) groups is 1. The van der Waals surface area contributed by atoms with Crippen LogP contribution in [0.1, 0.15) is 39.5 Å². The van der Waals surface area contributed by atoms with Crippen molar-refractivity contribution in [3.05, 3.63) is 0 Å². The average Bonchev–Trinajstić information content (AvgIpc) is 2.28. The Morgan fingerprint density at radius 3 is 2.88 bits per heavy atom. The van der Waals surface area contributed by atoms with Gasteiger partial charge in [0, 0.05) is 24.1 Å². The minimum Gasteiger partial charge on any atom is -0.337 e. The summed E-state index contributed by atoms with van der Waals surface area (Å²) in [4.78, 5) is 14.6. The summed E-state index contributed by atoms with van der Waals surface area (Å²) in [7, 11) is 0. The van der Waals surface area contributed by atoms with Crippen LogP contribution >= 0.6 is 11.8 Å². The second kappa shape index (κ2) is 5.19. The fourth-order valence-electron chi connectivity index (χ4n) is 3.10. The van der Waals surface area contributed by atoms with E-state index in [1.165, 1.54) is 6.42 Å². The molecule has 0 aromatic heterocycles. The third kappa shape index (κ3) is 2.79. The number of nitrogens with two attached hydrogens (primary N) is 1. The second-order valence-electron chi connectivity index (χ2n) is 5.78. The highest BCUT2D eigenvalue weighted by atomic mass is 32.2. The van der Waals surface area contributed by atoms with Gasteiger partial charge in [0.15, 0.2) is 0 Å². The first kappa shape index (κ1) is 13.2. The van der Waals surface area contributed by atoms with Gasteiger partial charge in [-0.3, -0.25) is 4.79 Å². The molecule has 2 N–H and O–H groups in total. The lowest BCUT2D eigenvalue weighted by molar-refractivity contribution is -0.140. The molecule has 98 valence electrons. The molecular formula is C13H24N2OS. The minimum absolute atomic E-state index is 0.205. The first-order valence-electron chi connectivity index (χ1n) is 6.70. The van der Waals surface area contributed by atoms with E-state index in [4.69, 9.17) is 5.73 Å². The molecule has 4 heteroatoms. The molecule has 3 atom stereocenters. The van der Waals surface area contributed by atoms with E-state index in [-0.39, 0.29) is 5.91 Å². The van der Waals surface area contributed by atoms with Crippen LogP contribution in [-0.4, -0.2) is 40.4 Å². The largest absolute Gasteiger partial charge is 0.337 e. The molecule has 2 aliphatic rings. The zero-order valence-electron chi connectivity index (χ0n) is 10.9. The van der Waals surface area contributed by atoms with Crippen LogP contribution in [0.2, 0.25) is 0 Å². The van der Waals surface area contributed by atoms with E-state index in [0.717, 1.165) is 37.3 Å². The molecule has 0 aromatic carbocycles. The van der Waals surface area contributed by atoms with Crippen LogP contribution in [-0.2, 0) is 4.79 Å². The summed E-state index contributed by atoms with van der Waals surface area (Å²) in [5.74, 6) is 2.91. The van der Waals surface area contributed by atoms with Gasteiger partial charge in [0.1, 0.15) is 0 Å². The minimum atomic E-state index is -0.575. The molecule has 0 spiro atoms. The van der Waals surface area contributed by atoms with Crippen LogP contribution in [0.25, 0.3) is 0 Å². The number of hydrogen-bond acceptors (Lipinski definition) is 3. The van der Waals surface area contributed by atoms with Crippen molar-refractivity contribution in [2.75, 3.05) is 18.1 Å². The smallest absolute Gasteiger partial charge is 0.242 e. The van der Waals surface area contributed by atoms with E-state index >= 15 is 0 Å². The van der Waals surface area contributed by atoms with Crippen molar-refractivity contribution in [2.24, 2.45) is 11.7 Å². The highest BCUT2D eigenvalue weighted by Crippen LogP contribution is 2.33. The Morgan fingerprint density at radius 1 is 1.47 bits per heavy atom. The maximum absolute atomic E-state index is 12.6. The summed E-state index contributed by atoms with van der Waals surface area (Å²) < 4.78 is 0. The molecule has 1 amide bonds. The Labute approximate surface area is 108 Å². The number of hydrogen-bond donors (Lipinski definition) is 1. The summed E-state index contributed by atoms with van der Waals surface area (Å²) in [5, 5.41) is 0. The lowest BCUT2D eigenvalue weighted by Crippen LogP contribution is -2.60. The predicted octanol–water partition coefficient (Wildman–Crippen LogP) is 1.86. The first-order valence-corrected chi connectivity index (χ1v) is 7.86. The summed E-state index contributed by atoms with van der Waals surface area (Å²) >= 11 is 1.94. The van der Waals surface area contributed by atoms with Crippen molar-refractivity contribution in [1.82, 2.24) is 4.90 Å². The molecule has 0 radical (unpaired) electrons. The molecule has 1 saturated heterocycles. The Morgan fingerprint density at radius 2 is 2.24 bits per heavy atom. The highest BCUT2D eigenvalue weighted by Gasteiger charge is 2.42. The SMILES string of the molecule is CC1CCCC(N)(C(=O)N2CCSCC2C)C1. The predicted molar refractivity (Wildman–Crippen MR) is 73.1 cm³/mol. The van der Waals surface area contributed by atoms with Crippen molar-refractivity contribution >= 4 is 17.7 Å². The Bertz CT molecular complexity index is 297. The van der Waals surface area contributed by atoms with Crippen LogP contribution in [0.15, 0.2) is 0 Å². The summed E-state index contributed by atoms with van der Waals surface area (Å²) in [5.41, 5.74) is 5.81. The van der Waals surface area contributed by atoms with Crippen molar-refractivity contribution in [2.45, 2.75) is 51.1 Å². The zero-order chi connectivity index (χ0) is 12.5. The van der Waals surface area contributed by atoms with E-state index in [9.17, 15) is 4.79 Å². The lowest BCUT2D eigenvalue weighted by atomic mass is 9.76. The van der Waals surface area contributed by atoms with E-state index in [0.29, 0.717) is 12.0 Å². The number of carbonyl (C=O) groups excluding carboxylic acids is 1. The number of rotatable bonds is 1. The van der Waals surface area contributed by atoms with Gasteiger partial charge in [-0.25, -0.2) is 0 Å². The molecule has 3 nitrogen and oxygen atoms in total. The number of carbonyl (C=O) groups is 1. The third-order valence-electron chi connectivity index (χ3n) is 4.09. The topological polar surface area (TPSA) is 46.3 Å². The second-order valence-corrected chi connectivity index (χ2v) is 6.93. The standard InChI is InChI=1S/C13H24N2OS/c1-10-4-3-5-13(14,8-10)12(16)15-6-7-17-9-11(15)2/h10-11H,3-9,14H2,1-2H3. The van der Waals surface area contributed by atoms with Crippen molar-refractivity contribution in [3.8, 4) is 0 Å². The monoisotopic (exact) mass is 256 g/mol. The molecule has 2 rings (SSSR count). The fourth-order valence-corrected chi connectivity index (χ4v) is 4.11. The van der Waals surface area contributed by atoms with Crippen LogP contribution < -0.4 is 5.73 Å². The van der Waals surface area contributed by atoms with Gasteiger partial charge in [0.05, 0.1) is 5.54 Å². The van der Waals surface area contributed by atoms with Crippen molar-refractivity contribution in [1.29, 1.82) is 0 Å². The van der Waals surface area contributed by atoms with Crippen LogP contribution in [0.4, 0.5) is 0 Å². The Balaban J connectivity index is 2.06. The fraction of sp³-hybridized carbons (Fsp3) is 0.923. The van der Waals surface area contributed by atoms with Gasteiger partial charge in [0.25, 0.3) is 0 Å². The molecule has 1 saturated carbocycles. The summed E-state index contributed by atoms with van der Waals surface area (Å²) in [6.07, 6.45) is 4.05. The summed E-state index contributed by atoms with van der Waals surface area (Å²) in [6.45, 7) is 5.22. The van der Waals surface area contributed by atoms with Gasteiger partial charge in [-0.2, -0.15) is 11.8 Å². The molecule has 2 fully saturated rings. The van der Waals surface area contributed by atoms with Crippen molar-refractivity contribution in [3.63, 3.8) is 0 Å². The Kier molecular flexibility index (Phi) is 4.03. The van der Waals surface area contributed by atoms with E-state index < -0.39 is 5.54 Å². The van der Waals surface area contributed by atoms with Gasteiger partial charge in [0.2, 0.25) is 5.91 Å². The zero-order valence-corrected chi connectivity index (χ0v) is 11.8. The molecule has 3 unspecified atom stereocenters. The molecule has 0 aromatic rings. The molecule has 1 heterocycles. The maximum atomic E-state index is 12.6. The quantitative estimate of drug-likeness (QED) is 0.779. The first-order chi connectivity index (χ1) is 8.03. The lowest BCUT2D eigenvalue weighted by Gasteiger charge is -2.42. The van der Waals surface area contributed by atoms with E-state index in [2.05, 4.69) is 13.8 Å². The van der Waals surface area contributed by atoms with Crippen molar-refractivity contribution < 1.29 is 4.79 Å². The number of nitrogens with zero attached hydrogens (tertiary/aromatic N) is 1. The Hall–Kier alpha value is -0.220. The van der Waals surface area contributed by atoms with Gasteiger partial charge >= 0.3 is 0 Å². The van der Waals surface area contributed by atoms with Crippen LogP contribution in [0.3, 0.4) is 0 Å². The van der Waals surface area contributed by atoms with Gasteiger partial charge in [-0.15, -0.1) is 0 Å². The normalized spacial score (nSPS) is 39.1. The average molecular weight is 256 g/mol. The van der Waals surface area contributed by atoms with Crippen LogP contribution in [0, 0.1) is 5.92 Å². The van der Waals surface area contributed by atoms with Gasteiger partial charge in [-0.05, 0) is 25.7 Å². The van der Waals surface area contributed by atoms with E-state index in [1.54, 1.807) is 0 Å². The summed E-state index contributed by atoms with van der Waals surface area (Å²) in [6, 6.07) is 0.346. The number of amides is 1. The third-order valence-corrected chi connectivity index (χ3v) is 5.28. The molecule has 1 aliphatic carbocycles. The molecule has 1 aliphatic heterocycles. The molecular weight excluding hydrogens is 232 g/mol. The van der Waals surface area contributed by atoms with Gasteiger partial charge in [-0.1, -0.05) is 19.8 Å². The maximum Gasteiger partial charge on any atom is 0.242 e. The highest BCUT2D eigenvalue weighted by molar-refractivity contribution is 7.99. The van der Waals surface area contributed by atoms with Crippen LogP contribution in [0.5, 0.6) is 0 Å². The molecule has 17 heavy (non-hydrogen) atoms. The van der Waals surface area contributed by atoms with E-state index in [1.807, 2.05) is 16.7 Å². The molecule has 0 bridgehead atoms.